The second kappa shape index (κ2) is 6.35. The lowest BCUT2D eigenvalue weighted by atomic mass is 9.96. The van der Waals surface area contributed by atoms with E-state index in [1.807, 2.05) is 6.92 Å². The van der Waals surface area contributed by atoms with Gasteiger partial charge in [0.05, 0.1) is 13.2 Å². The molecule has 1 fully saturated rings. The predicted octanol–water partition coefficient (Wildman–Crippen LogP) is 2.60. The Bertz CT molecular complexity index is 419. The molecule has 1 unspecified atom stereocenters. The summed E-state index contributed by atoms with van der Waals surface area (Å²) in [6, 6.07) is 4.50. The molecule has 3 nitrogen and oxygen atoms in total. The predicted molar refractivity (Wildman–Crippen MR) is 72.7 cm³/mol. The standard InChI is InChI=1S/C15H22FNO2/c1-11(10-17-7-3-4-8-17)15(18)13-9-12(19-2)5-6-14(13)16/h5-6,9,11,15,18H,3-4,7-8,10H2,1-2H3/t11-,15?/m1/s1. The summed E-state index contributed by atoms with van der Waals surface area (Å²) in [6.45, 7) is 4.93. The molecule has 2 atom stereocenters. The van der Waals surface area contributed by atoms with Crippen molar-refractivity contribution in [3.05, 3.63) is 29.6 Å². The summed E-state index contributed by atoms with van der Waals surface area (Å²) in [4.78, 5) is 2.33. The molecule has 0 amide bonds. The van der Waals surface area contributed by atoms with E-state index in [9.17, 15) is 9.50 Å². The molecule has 1 saturated heterocycles. The first-order valence-corrected chi connectivity index (χ1v) is 6.85. The van der Waals surface area contributed by atoms with Gasteiger partial charge in [-0.25, -0.2) is 4.39 Å². The van der Waals surface area contributed by atoms with Crippen LogP contribution in [-0.2, 0) is 0 Å². The lowest BCUT2D eigenvalue weighted by Gasteiger charge is -2.25. The molecule has 1 aromatic carbocycles. The molecule has 0 spiro atoms. The van der Waals surface area contributed by atoms with E-state index < -0.39 is 6.10 Å². The van der Waals surface area contributed by atoms with E-state index in [1.54, 1.807) is 12.1 Å². The fraction of sp³-hybridized carbons (Fsp3) is 0.600. The number of hydrogen-bond acceptors (Lipinski definition) is 3. The van der Waals surface area contributed by atoms with Gasteiger partial charge in [0.1, 0.15) is 11.6 Å². The van der Waals surface area contributed by atoms with Crippen molar-refractivity contribution >= 4 is 0 Å². The Balaban J connectivity index is 2.06. The highest BCUT2D eigenvalue weighted by Gasteiger charge is 2.23. The van der Waals surface area contributed by atoms with Crippen molar-refractivity contribution < 1.29 is 14.2 Å². The van der Waals surface area contributed by atoms with E-state index in [4.69, 9.17) is 4.74 Å². The lowest BCUT2D eigenvalue weighted by Crippen LogP contribution is -2.28. The number of hydrogen-bond donors (Lipinski definition) is 1. The van der Waals surface area contributed by atoms with E-state index in [1.165, 1.54) is 26.0 Å². The normalized spacial score (nSPS) is 19.4. The first kappa shape index (κ1) is 14.3. The third kappa shape index (κ3) is 3.45. The summed E-state index contributed by atoms with van der Waals surface area (Å²) in [5.74, 6) is 0.199. The van der Waals surface area contributed by atoms with E-state index in [0.717, 1.165) is 19.6 Å². The van der Waals surface area contributed by atoms with Crippen molar-refractivity contribution in [1.82, 2.24) is 4.90 Å². The van der Waals surface area contributed by atoms with Gasteiger partial charge in [-0.1, -0.05) is 6.92 Å². The molecule has 1 N–H and O–H groups in total. The maximum Gasteiger partial charge on any atom is 0.129 e. The third-order valence-electron chi connectivity index (χ3n) is 3.81. The molecule has 1 aromatic rings. The number of likely N-dealkylation sites (tertiary alicyclic amines) is 1. The van der Waals surface area contributed by atoms with E-state index in [-0.39, 0.29) is 11.7 Å². The number of methoxy groups -OCH3 is 1. The smallest absolute Gasteiger partial charge is 0.129 e. The van der Waals surface area contributed by atoms with Crippen LogP contribution in [0, 0.1) is 11.7 Å². The Morgan fingerprint density at radius 1 is 1.37 bits per heavy atom. The molecule has 2 rings (SSSR count). The monoisotopic (exact) mass is 267 g/mol. The Morgan fingerprint density at radius 3 is 2.68 bits per heavy atom. The lowest BCUT2D eigenvalue weighted by molar-refractivity contribution is 0.0911. The van der Waals surface area contributed by atoms with Crippen LogP contribution in [0.5, 0.6) is 5.75 Å². The summed E-state index contributed by atoms with van der Waals surface area (Å²) in [5, 5.41) is 10.3. The van der Waals surface area contributed by atoms with Gasteiger partial charge in [-0.05, 0) is 50.0 Å². The summed E-state index contributed by atoms with van der Waals surface area (Å²) >= 11 is 0. The molecule has 4 heteroatoms. The average Bonchev–Trinajstić information content (AvgIpc) is 2.91. The van der Waals surface area contributed by atoms with Crippen molar-refractivity contribution in [2.45, 2.75) is 25.9 Å². The number of nitrogens with zero attached hydrogens (tertiary/aromatic N) is 1. The molecule has 1 aliphatic heterocycles. The SMILES string of the molecule is COc1ccc(F)c(C(O)[C@H](C)CN2CCCC2)c1. The van der Waals surface area contributed by atoms with Crippen LogP contribution in [0.1, 0.15) is 31.4 Å². The van der Waals surface area contributed by atoms with Crippen LogP contribution in [0.25, 0.3) is 0 Å². The summed E-state index contributed by atoms with van der Waals surface area (Å²) in [5.41, 5.74) is 0.325. The number of aliphatic hydroxyl groups excluding tert-OH is 1. The Hall–Kier alpha value is -1.13. The fourth-order valence-corrected chi connectivity index (χ4v) is 2.65. The number of benzene rings is 1. The van der Waals surface area contributed by atoms with Crippen molar-refractivity contribution in [2.24, 2.45) is 5.92 Å². The van der Waals surface area contributed by atoms with Crippen LogP contribution in [0.15, 0.2) is 18.2 Å². The van der Waals surface area contributed by atoms with Crippen molar-refractivity contribution in [1.29, 1.82) is 0 Å². The van der Waals surface area contributed by atoms with Crippen molar-refractivity contribution in [2.75, 3.05) is 26.7 Å². The minimum atomic E-state index is -0.796. The molecular formula is C15H22FNO2. The molecule has 1 aliphatic rings. The van der Waals surface area contributed by atoms with Crippen LogP contribution < -0.4 is 4.74 Å². The zero-order valence-electron chi connectivity index (χ0n) is 11.6. The molecule has 0 bridgehead atoms. The largest absolute Gasteiger partial charge is 0.497 e. The summed E-state index contributed by atoms with van der Waals surface area (Å²) in [6.07, 6.45) is 1.64. The molecule has 0 aromatic heterocycles. The number of rotatable bonds is 5. The summed E-state index contributed by atoms with van der Waals surface area (Å²) < 4.78 is 18.9. The molecular weight excluding hydrogens is 245 g/mol. The van der Waals surface area contributed by atoms with E-state index in [2.05, 4.69) is 4.90 Å². The molecule has 19 heavy (non-hydrogen) atoms. The van der Waals surface area contributed by atoms with Crippen LogP contribution in [0.2, 0.25) is 0 Å². The van der Waals surface area contributed by atoms with Gasteiger partial charge in [0.25, 0.3) is 0 Å². The number of aliphatic hydroxyl groups is 1. The number of halogens is 1. The van der Waals surface area contributed by atoms with Gasteiger partial charge >= 0.3 is 0 Å². The van der Waals surface area contributed by atoms with E-state index >= 15 is 0 Å². The number of ether oxygens (including phenoxy) is 1. The minimum Gasteiger partial charge on any atom is -0.497 e. The van der Waals surface area contributed by atoms with Crippen LogP contribution in [-0.4, -0.2) is 36.8 Å². The maximum absolute atomic E-state index is 13.8. The molecule has 1 heterocycles. The third-order valence-corrected chi connectivity index (χ3v) is 3.81. The fourth-order valence-electron chi connectivity index (χ4n) is 2.65. The Morgan fingerprint density at radius 2 is 2.05 bits per heavy atom. The minimum absolute atomic E-state index is 0.000272. The van der Waals surface area contributed by atoms with Crippen molar-refractivity contribution in [3.63, 3.8) is 0 Å². The highest BCUT2D eigenvalue weighted by atomic mass is 19.1. The quantitative estimate of drug-likeness (QED) is 0.890. The summed E-state index contributed by atoms with van der Waals surface area (Å²) in [7, 11) is 1.54. The second-order valence-corrected chi connectivity index (χ2v) is 5.32. The first-order valence-electron chi connectivity index (χ1n) is 6.85. The van der Waals surface area contributed by atoms with E-state index in [0.29, 0.717) is 11.3 Å². The Labute approximate surface area is 114 Å². The van der Waals surface area contributed by atoms with Gasteiger partial charge in [0.2, 0.25) is 0 Å². The second-order valence-electron chi connectivity index (χ2n) is 5.32. The zero-order chi connectivity index (χ0) is 13.8. The topological polar surface area (TPSA) is 32.7 Å². The van der Waals surface area contributed by atoms with Crippen molar-refractivity contribution in [3.8, 4) is 5.75 Å². The highest BCUT2D eigenvalue weighted by molar-refractivity contribution is 5.31. The van der Waals surface area contributed by atoms with Crippen LogP contribution in [0.3, 0.4) is 0 Å². The Kier molecular flexibility index (Phi) is 4.77. The van der Waals surface area contributed by atoms with Gasteiger partial charge in [-0.3, -0.25) is 0 Å². The first-order chi connectivity index (χ1) is 9.11. The van der Waals surface area contributed by atoms with Crippen LogP contribution >= 0.6 is 0 Å². The van der Waals surface area contributed by atoms with Crippen LogP contribution in [0.4, 0.5) is 4.39 Å². The molecule has 106 valence electrons. The average molecular weight is 267 g/mol. The van der Waals surface area contributed by atoms with Gasteiger partial charge in [-0.2, -0.15) is 0 Å². The molecule has 0 saturated carbocycles. The maximum atomic E-state index is 13.8. The van der Waals surface area contributed by atoms with Gasteiger partial charge in [0, 0.05) is 12.1 Å². The molecule has 0 aliphatic carbocycles. The van der Waals surface area contributed by atoms with Gasteiger partial charge < -0.3 is 14.7 Å². The zero-order valence-corrected chi connectivity index (χ0v) is 11.6. The van der Waals surface area contributed by atoms with Gasteiger partial charge in [0.15, 0.2) is 0 Å². The van der Waals surface area contributed by atoms with Gasteiger partial charge in [-0.15, -0.1) is 0 Å². The molecule has 0 radical (unpaired) electrons. The highest BCUT2D eigenvalue weighted by Crippen LogP contribution is 2.28.